The zero-order valence-electron chi connectivity index (χ0n) is 22.1. The Balaban J connectivity index is -0.000000541. The Morgan fingerprint density at radius 1 is 0.971 bits per heavy atom. The van der Waals surface area contributed by atoms with Crippen molar-refractivity contribution in [3.8, 4) is 0 Å². The third-order valence-corrected chi connectivity index (χ3v) is 4.81. The molecule has 0 aliphatic rings. The Bertz CT molecular complexity index is 558. The number of aliphatic hydroxyl groups excluding tert-OH is 1. The van der Waals surface area contributed by atoms with Crippen molar-refractivity contribution in [2.75, 3.05) is 13.1 Å². The van der Waals surface area contributed by atoms with Gasteiger partial charge in [0, 0.05) is 12.8 Å². The SMILES string of the molecule is CC.CC(=O)C(CCN)NC(=O)CC(C)O.CCC(C)CCCCC(=O)OC(CCN)C(N)=O. The maximum atomic E-state index is 11.5. The van der Waals surface area contributed by atoms with Gasteiger partial charge in [-0.3, -0.25) is 19.2 Å². The number of carbonyl (C=O) groups is 4. The van der Waals surface area contributed by atoms with E-state index in [0.717, 1.165) is 25.7 Å². The fraction of sp³-hybridized carbons (Fsp3) is 0.833. The molecule has 0 saturated carbocycles. The van der Waals surface area contributed by atoms with Gasteiger partial charge in [0.1, 0.15) is 0 Å². The highest BCUT2D eigenvalue weighted by atomic mass is 16.5. The summed E-state index contributed by atoms with van der Waals surface area (Å²) in [5.41, 5.74) is 15.7. The van der Waals surface area contributed by atoms with Crippen LogP contribution in [0.3, 0.4) is 0 Å². The first-order chi connectivity index (χ1) is 16.0. The number of hydrogen-bond donors (Lipinski definition) is 5. The third-order valence-electron chi connectivity index (χ3n) is 4.81. The van der Waals surface area contributed by atoms with E-state index in [1.807, 2.05) is 13.8 Å². The predicted molar refractivity (Wildman–Crippen MR) is 135 cm³/mol. The van der Waals surface area contributed by atoms with Crippen molar-refractivity contribution >= 4 is 23.6 Å². The van der Waals surface area contributed by atoms with E-state index in [1.54, 1.807) is 0 Å². The molecule has 8 N–H and O–H groups in total. The van der Waals surface area contributed by atoms with E-state index in [-0.39, 0.29) is 37.0 Å². The van der Waals surface area contributed by atoms with Gasteiger partial charge < -0.3 is 32.4 Å². The average Bonchev–Trinajstić information content (AvgIpc) is 2.77. The van der Waals surface area contributed by atoms with Crippen LogP contribution in [-0.2, 0) is 23.9 Å². The number of unbranched alkanes of at least 4 members (excludes halogenated alkanes) is 1. The summed E-state index contributed by atoms with van der Waals surface area (Å²) in [5.74, 6) is -0.746. The van der Waals surface area contributed by atoms with Crippen molar-refractivity contribution in [2.24, 2.45) is 23.1 Å². The van der Waals surface area contributed by atoms with Crippen LogP contribution in [0.15, 0.2) is 0 Å². The topological polar surface area (TPSA) is 188 Å². The summed E-state index contributed by atoms with van der Waals surface area (Å²) in [4.78, 5) is 44.6. The van der Waals surface area contributed by atoms with Crippen LogP contribution in [0.1, 0.15) is 92.9 Å². The molecule has 0 aromatic rings. The monoisotopic (exact) mass is 490 g/mol. The summed E-state index contributed by atoms with van der Waals surface area (Å²) in [6.07, 6.45) is 3.56. The van der Waals surface area contributed by atoms with Gasteiger partial charge in [0.25, 0.3) is 5.91 Å². The summed E-state index contributed by atoms with van der Waals surface area (Å²) in [6.45, 7) is 11.9. The molecule has 0 aromatic carbocycles. The highest BCUT2D eigenvalue weighted by Gasteiger charge is 2.19. The van der Waals surface area contributed by atoms with Gasteiger partial charge in [-0.05, 0) is 45.7 Å². The number of ether oxygens (including phenoxy) is 1. The Morgan fingerprint density at radius 3 is 1.94 bits per heavy atom. The Kier molecular flexibility index (Phi) is 25.9. The lowest BCUT2D eigenvalue weighted by Gasteiger charge is -2.15. The molecule has 0 aliphatic heterocycles. The first-order valence-corrected chi connectivity index (χ1v) is 12.3. The Morgan fingerprint density at radius 2 is 1.53 bits per heavy atom. The highest BCUT2D eigenvalue weighted by molar-refractivity contribution is 5.87. The molecule has 34 heavy (non-hydrogen) atoms. The molecular formula is C24H50N4O6. The molecule has 4 atom stereocenters. The number of carbonyl (C=O) groups excluding carboxylic acids is 4. The van der Waals surface area contributed by atoms with Crippen LogP contribution in [0.4, 0.5) is 0 Å². The van der Waals surface area contributed by atoms with Crippen molar-refractivity contribution in [3.05, 3.63) is 0 Å². The average molecular weight is 491 g/mol. The van der Waals surface area contributed by atoms with Crippen molar-refractivity contribution < 1.29 is 29.0 Å². The molecular weight excluding hydrogens is 440 g/mol. The van der Waals surface area contributed by atoms with Gasteiger partial charge in [-0.25, -0.2) is 0 Å². The molecule has 202 valence electrons. The van der Waals surface area contributed by atoms with Crippen molar-refractivity contribution in [3.63, 3.8) is 0 Å². The van der Waals surface area contributed by atoms with Gasteiger partial charge in [0.05, 0.1) is 18.6 Å². The van der Waals surface area contributed by atoms with Crippen LogP contribution in [-0.4, -0.2) is 60.0 Å². The van der Waals surface area contributed by atoms with Crippen molar-refractivity contribution in [1.82, 2.24) is 5.32 Å². The van der Waals surface area contributed by atoms with Crippen LogP contribution >= 0.6 is 0 Å². The van der Waals surface area contributed by atoms with Gasteiger partial charge in [-0.1, -0.05) is 47.0 Å². The van der Waals surface area contributed by atoms with Gasteiger partial charge in [-0.15, -0.1) is 0 Å². The van der Waals surface area contributed by atoms with Crippen LogP contribution in [0.25, 0.3) is 0 Å². The first-order valence-electron chi connectivity index (χ1n) is 12.3. The Hall–Kier alpha value is -2.04. The molecule has 0 spiro atoms. The molecule has 2 amide bonds. The van der Waals surface area contributed by atoms with Crippen LogP contribution in [0, 0.1) is 5.92 Å². The number of ketones is 1. The first kappa shape index (κ1) is 36.5. The standard InChI is InChI=1S/C13H26N2O3.C9H18N2O3.C2H6/c1-3-10(2)6-4-5-7-12(16)18-11(8-9-14)13(15)17;1-6(12)5-9(14)11-8(3-4-10)7(2)13;1-2/h10-11H,3-9,14H2,1-2H3,(H2,15,17);6,8,12H,3-5,10H2,1-2H3,(H,11,14);1-2H3. The summed E-state index contributed by atoms with van der Waals surface area (Å²) < 4.78 is 4.99. The molecule has 0 aliphatic carbocycles. The molecule has 10 nitrogen and oxygen atoms in total. The number of nitrogens with one attached hydrogen (secondary N) is 1. The Labute approximate surface area is 205 Å². The molecule has 0 aromatic heterocycles. The van der Waals surface area contributed by atoms with Crippen LogP contribution < -0.4 is 22.5 Å². The number of esters is 1. The second kappa shape index (κ2) is 24.1. The molecule has 0 rings (SSSR count). The van der Waals surface area contributed by atoms with E-state index < -0.39 is 24.2 Å². The second-order valence-corrected chi connectivity index (χ2v) is 8.08. The lowest BCUT2D eigenvalue weighted by Crippen LogP contribution is -2.41. The number of amides is 2. The quantitative estimate of drug-likeness (QED) is 0.159. The van der Waals surface area contributed by atoms with Crippen molar-refractivity contribution in [2.45, 2.75) is 111 Å². The van der Waals surface area contributed by atoms with E-state index in [0.29, 0.717) is 25.3 Å². The second-order valence-electron chi connectivity index (χ2n) is 8.08. The largest absolute Gasteiger partial charge is 0.452 e. The van der Waals surface area contributed by atoms with Crippen molar-refractivity contribution in [1.29, 1.82) is 0 Å². The number of rotatable bonds is 16. The number of aliphatic hydroxyl groups is 1. The van der Waals surface area contributed by atoms with Gasteiger partial charge in [0.2, 0.25) is 5.91 Å². The van der Waals surface area contributed by atoms with Gasteiger partial charge in [-0.2, -0.15) is 0 Å². The normalized spacial score (nSPS) is 13.6. The molecule has 0 fully saturated rings. The van der Waals surface area contributed by atoms with Gasteiger partial charge in [0.15, 0.2) is 11.9 Å². The number of hydrogen-bond acceptors (Lipinski definition) is 8. The zero-order chi connectivity index (χ0) is 27.1. The third kappa shape index (κ3) is 23.1. The fourth-order valence-electron chi connectivity index (χ4n) is 2.66. The number of primary amides is 1. The minimum atomic E-state index is -0.878. The van der Waals surface area contributed by atoms with Gasteiger partial charge >= 0.3 is 5.97 Å². The minimum Gasteiger partial charge on any atom is -0.452 e. The summed E-state index contributed by atoms with van der Waals surface area (Å²) in [6, 6.07) is -0.522. The number of Topliss-reactive ketones (excluding diaryl/α,β-unsaturated/α-hetero) is 1. The van der Waals surface area contributed by atoms with E-state index in [2.05, 4.69) is 19.2 Å². The van der Waals surface area contributed by atoms with E-state index in [9.17, 15) is 19.2 Å². The van der Waals surface area contributed by atoms with E-state index in [1.165, 1.54) is 13.8 Å². The van der Waals surface area contributed by atoms with Crippen LogP contribution in [0.2, 0.25) is 0 Å². The molecule has 0 bridgehead atoms. The molecule has 10 heteroatoms. The maximum Gasteiger partial charge on any atom is 0.306 e. The predicted octanol–water partition coefficient (Wildman–Crippen LogP) is 1.54. The molecule has 4 unspecified atom stereocenters. The minimum absolute atomic E-state index is 0.00829. The summed E-state index contributed by atoms with van der Waals surface area (Å²) in [7, 11) is 0. The highest BCUT2D eigenvalue weighted by Crippen LogP contribution is 2.13. The summed E-state index contributed by atoms with van der Waals surface area (Å²) in [5, 5.41) is 11.5. The van der Waals surface area contributed by atoms with Crippen LogP contribution in [0.5, 0.6) is 0 Å². The van der Waals surface area contributed by atoms with E-state index in [4.69, 9.17) is 27.0 Å². The zero-order valence-corrected chi connectivity index (χ0v) is 22.1. The maximum absolute atomic E-state index is 11.5. The molecule has 0 saturated heterocycles. The lowest BCUT2D eigenvalue weighted by atomic mass is 10.0. The summed E-state index contributed by atoms with van der Waals surface area (Å²) >= 11 is 0. The smallest absolute Gasteiger partial charge is 0.306 e. The lowest BCUT2D eigenvalue weighted by molar-refractivity contribution is -0.155. The van der Waals surface area contributed by atoms with E-state index >= 15 is 0 Å². The molecule has 0 radical (unpaired) electrons. The number of nitrogens with two attached hydrogens (primary N) is 3. The molecule has 0 heterocycles. The fourth-order valence-corrected chi connectivity index (χ4v) is 2.66.